The Hall–Kier alpha value is 2.30. The van der Waals surface area contributed by atoms with Crippen molar-refractivity contribution in [3.8, 4) is 0 Å². The van der Waals surface area contributed by atoms with Gasteiger partial charge in [-0.15, -0.1) is 40.3 Å². The first kappa shape index (κ1) is 82.0. The van der Waals surface area contributed by atoms with Gasteiger partial charge in [-0.25, -0.2) is 0 Å². The maximum absolute atomic E-state index is 8.24. The number of hydrogen-bond acceptors (Lipinski definition) is 26. The minimum atomic E-state index is 0. The van der Waals surface area contributed by atoms with Crippen LogP contribution < -0.4 is 0 Å². The van der Waals surface area contributed by atoms with Gasteiger partial charge in [-0.3, -0.25) is 0 Å². The predicted molar refractivity (Wildman–Crippen MR) is 133 cm³/mol. The van der Waals surface area contributed by atoms with E-state index in [1.165, 1.54) is 0 Å². The van der Waals surface area contributed by atoms with E-state index in [0.29, 0.717) is 6.47 Å². The average Bonchev–Trinajstić information content (AvgIpc) is 2.30. The van der Waals surface area contributed by atoms with Gasteiger partial charge in [-0.1, -0.05) is 43.6 Å². The molecule has 8 fully saturated rings. The number of aliphatic hydroxyl groups excluding tert-OH is 1. The van der Waals surface area contributed by atoms with Gasteiger partial charge in [0.2, 0.25) is 0 Å². The molecule has 0 saturated carbocycles. The van der Waals surface area contributed by atoms with Gasteiger partial charge in [-0.2, -0.15) is 0 Å². The van der Waals surface area contributed by atoms with E-state index in [2.05, 4.69) is 119 Å². The van der Waals surface area contributed by atoms with Crippen molar-refractivity contribution in [1.29, 1.82) is 0 Å². The minimum Gasteiger partial charge on any atom is -0.870 e. The molecule has 8 rings (SSSR count). The van der Waals surface area contributed by atoms with E-state index in [4.69, 9.17) is 9.90 Å². The number of rotatable bonds is 0. The average molecular weight is 752 g/mol. The normalized spacial score (nSPS) is 17.0. The summed E-state index contributed by atoms with van der Waals surface area (Å²) >= 11 is 0. The second-order valence-electron chi connectivity index (χ2n) is 2.95. The summed E-state index contributed by atoms with van der Waals surface area (Å²) in [5, 5.41) is 36.1. The van der Waals surface area contributed by atoms with E-state index < -0.39 is 0 Å². The summed E-state index contributed by atoms with van der Waals surface area (Å²) < 4.78 is 0. The molecule has 27 nitrogen and oxygen atoms in total. The molecular formula is C14H30Mg5O27. The molecule has 8 saturated heterocycles. The molecule has 8 aliphatic heterocycles. The van der Waals surface area contributed by atoms with Crippen molar-refractivity contribution in [3.05, 3.63) is 54.3 Å². The van der Waals surface area contributed by atoms with Crippen LogP contribution in [0.25, 0.3) is 0 Å². The fraction of sp³-hybridized carbons (Fsp3) is 0.357. The van der Waals surface area contributed by atoms with Crippen LogP contribution in [0.5, 0.6) is 0 Å². The van der Waals surface area contributed by atoms with Crippen molar-refractivity contribution >= 4 is 122 Å². The zero-order chi connectivity index (χ0) is 25.3. The van der Waals surface area contributed by atoms with Gasteiger partial charge >= 0.3 is 115 Å². The molecule has 8 aliphatic rings. The van der Waals surface area contributed by atoms with Gasteiger partial charge in [0.05, 0.1) is 0 Å². The number of hydrogen-bond donors (Lipinski definition) is 1. The zero-order valence-electron chi connectivity index (χ0n) is 19.8. The molecule has 0 aromatic carbocycles. The SMILES string of the molecule is C.C.C.C.C.O=[C-]O.[CH-]1OOO1.[CH-]1OOO1.[CH-]1OOO1.[CH-]1OOO1.[CH-]1OOO1.[CH-]1OOO1.[CH-]1OOO1.[CH-]1OOO1.[Mg+2].[Mg+2].[Mg+2].[Mg+2].[Mg+2].[OH-]. The Morgan fingerprint density at radius 2 is 0.326 bits per heavy atom. The van der Waals surface area contributed by atoms with Crippen molar-refractivity contribution in [2.24, 2.45) is 0 Å². The Kier molecular flexibility index (Phi) is 145. The molecule has 0 amide bonds. The van der Waals surface area contributed by atoms with Gasteiger partial charge in [-0.05, 0) is 54.3 Å². The van der Waals surface area contributed by atoms with Gasteiger partial charge < -0.3 is 93.6 Å². The van der Waals surface area contributed by atoms with Crippen molar-refractivity contribution in [2.45, 2.75) is 37.1 Å². The third-order valence-electron chi connectivity index (χ3n) is 1.26. The van der Waals surface area contributed by atoms with Crippen LogP contribution in [-0.2, 0) is 123 Å². The molecule has 0 aliphatic carbocycles. The zero-order valence-corrected chi connectivity index (χ0v) is 26.8. The minimum absolute atomic E-state index is 0. The predicted octanol–water partition coefficient (Wildman–Crippen LogP) is 0.704. The fourth-order valence-corrected chi connectivity index (χ4v) is 0.314. The summed E-state index contributed by atoms with van der Waals surface area (Å²) in [7, 11) is 0. The summed E-state index contributed by atoms with van der Waals surface area (Å²) in [6.45, 7) is 9.17. The summed E-state index contributed by atoms with van der Waals surface area (Å²) in [5.41, 5.74) is 0. The molecule has 2 N–H and O–H groups in total. The Balaban J connectivity index is -0.0000000275. The third-order valence-corrected chi connectivity index (χ3v) is 1.26. The second kappa shape index (κ2) is 81.4. The Bertz CT molecular complexity index is 258. The van der Waals surface area contributed by atoms with Crippen LogP contribution >= 0.6 is 0 Å². The van der Waals surface area contributed by atoms with E-state index in [9.17, 15) is 0 Å². The molecule has 8 heterocycles. The Morgan fingerprint density at radius 3 is 0.326 bits per heavy atom. The molecule has 0 spiro atoms. The topological polar surface area (TPSA) is 289 Å². The Morgan fingerprint density at radius 1 is 0.304 bits per heavy atom. The first-order valence-electron chi connectivity index (χ1n) is 6.87. The molecule has 0 unspecified atom stereocenters. The second-order valence-corrected chi connectivity index (χ2v) is 2.95. The first-order chi connectivity index (χ1) is 17.4. The van der Waals surface area contributed by atoms with Gasteiger partial charge in [0.25, 0.3) is 0 Å². The van der Waals surface area contributed by atoms with E-state index in [1.807, 2.05) is 0 Å². The molecule has 0 bridgehead atoms. The van der Waals surface area contributed by atoms with Crippen LogP contribution in [0.4, 0.5) is 0 Å². The summed E-state index contributed by atoms with van der Waals surface area (Å²) in [4.78, 5) is 70.2. The maximum Gasteiger partial charge on any atom is 2.00 e. The van der Waals surface area contributed by atoms with E-state index in [-0.39, 0.29) is 158 Å². The standard InChI is InChI=1S/8CHO3.CHO2.5CH4.5Mg.H2O/c8*1-2-4-3-1;2-1-3;;;;;;;;;;;/h8*1H;(H,2,3);5*1H4;;;;;;1H2/q9*-1;;;;;;5*+2;/p-1. The molecule has 0 aromatic rings. The van der Waals surface area contributed by atoms with Crippen LogP contribution in [0.15, 0.2) is 0 Å². The largest absolute Gasteiger partial charge is 2.00 e. The van der Waals surface area contributed by atoms with Gasteiger partial charge in [0.15, 0.2) is 0 Å². The van der Waals surface area contributed by atoms with Crippen molar-refractivity contribution in [2.75, 3.05) is 0 Å². The quantitative estimate of drug-likeness (QED) is 0.202. The van der Waals surface area contributed by atoms with Crippen LogP contribution in [-0.4, -0.2) is 132 Å². The van der Waals surface area contributed by atoms with Crippen LogP contribution in [0, 0.1) is 54.3 Å². The van der Waals surface area contributed by atoms with E-state index in [1.54, 1.807) is 0 Å². The van der Waals surface area contributed by atoms with E-state index >= 15 is 0 Å². The molecular weight excluding hydrogens is 722 g/mol. The molecule has 258 valence electrons. The van der Waals surface area contributed by atoms with Crippen LogP contribution in [0.1, 0.15) is 37.1 Å². The Labute approximate surface area is 344 Å². The molecule has 46 heavy (non-hydrogen) atoms. The fourth-order valence-electron chi connectivity index (χ4n) is 0.314. The van der Waals surface area contributed by atoms with Crippen molar-refractivity contribution in [1.82, 2.24) is 0 Å². The van der Waals surface area contributed by atoms with Gasteiger partial charge in [0.1, 0.15) is 0 Å². The summed E-state index contributed by atoms with van der Waals surface area (Å²) in [6, 6.07) is 0. The van der Waals surface area contributed by atoms with Crippen LogP contribution in [0.2, 0.25) is 0 Å². The van der Waals surface area contributed by atoms with Crippen molar-refractivity contribution in [3.63, 3.8) is 0 Å². The maximum atomic E-state index is 8.24. The smallest absolute Gasteiger partial charge is 0.870 e. The molecule has 0 atom stereocenters. The third kappa shape index (κ3) is 80.8. The first-order valence-corrected chi connectivity index (χ1v) is 6.87. The van der Waals surface area contributed by atoms with Crippen LogP contribution in [0.3, 0.4) is 0 Å². The molecule has 0 aromatic heterocycles. The monoisotopic (exact) mass is 750 g/mol. The summed E-state index contributed by atoms with van der Waals surface area (Å²) in [6.07, 6.45) is 0. The van der Waals surface area contributed by atoms with Crippen molar-refractivity contribution < 1.29 is 134 Å². The molecule has 0 radical (unpaired) electrons. The summed E-state index contributed by atoms with van der Waals surface area (Å²) in [5.74, 6) is 0. The molecule has 32 heteroatoms. The van der Waals surface area contributed by atoms with E-state index in [0.717, 1.165) is 54.3 Å². The van der Waals surface area contributed by atoms with Gasteiger partial charge in [0, 0.05) is 0 Å².